The Balaban J connectivity index is 1.71. The van der Waals surface area contributed by atoms with E-state index in [1.807, 2.05) is 61.7 Å². The summed E-state index contributed by atoms with van der Waals surface area (Å²) in [5.41, 5.74) is 4.26. The number of benzene rings is 2. The van der Waals surface area contributed by atoms with Gasteiger partial charge in [-0.25, -0.2) is 4.68 Å². The quantitative estimate of drug-likeness (QED) is 0.331. The lowest BCUT2D eigenvalue weighted by molar-refractivity contribution is -0.130. The van der Waals surface area contributed by atoms with Crippen LogP contribution in [-0.2, 0) is 9.53 Å². The number of aryl methyl sites for hydroxylation is 1. The smallest absolute Gasteiger partial charge is 0.264 e. The zero-order chi connectivity index (χ0) is 25.5. The van der Waals surface area contributed by atoms with E-state index in [1.165, 1.54) is 0 Å². The molecule has 1 amide bonds. The highest BCUT2D eigenvalue weighted by molar-refractivity contribution is 6.02. The average molecular weight is 485 g/mol. The predicted molar refractivity (Wildman–Crippen MR) is 140 cm³/mol. The molecule has 0 aliphatic carbocycles. The molecule has 186 valence electrons. The van der Waals surface area contributed by atoms with Gasteiger partial charge in [-0.1, -0.05) is 32.0 Å². The van der Waals surface area contributed by atoms with E-state index in [2.05, 4.69) is 19.9 Å². The molecule has 36 heavy (non-hydrogen) atoms. The second-order valence-electron chi connectivity index (χ2n) is 9.30. The van der Waals surface area contributed by atoms with Crippen LogP contribution in [0.3, 0.4) is 0 Å². The number of aromatic nitrogens is 2. The van der Waals surface area contributed by atoms with Crippen LogP contribution in [0.15, 0.2) is 60.3 Å². The van der Waals surface area contributed by atoms with Gasteiger partial charge in [0.25, 0.3) is 5.91 Å². The first-order chi connectivity index (χ1) is 17.5. The molecule has 4 rings (SSSR count). The van der Waals surface area contributed by atoms with Gasteiger partial charge in [0, 0.05) is 30.4 Å². The van der Waals surface area contributed by atoms with E-state index in [9.17, 15) is 10.1 Å². The first kappa shape index (κ1) is 25.2. The number of hydrogen-bond acceptors (Lipinski definition) is 5. The Morgan fingerprint density at radius 2 is 1.94 bits per heavy atom. The van der Waals surface area contributed by atoms with Crippen molar-refractivity contribution in [1.82, 2.24) is 14.7 Å². The maximum atomic E-state index is 13.0. The molecule has 7 nitrogen and oxygen atoms in total. The molecule has 0 radical (unpaired) electrons. The molecule has 7 heteroatoms. The summed E-state index contributed by atoms with van der Waals surface area (Å²) in [6, 6.07) is 17.8. The lowest BCUT2D eigenvalue weighted by atomic mass is 10.0. The average Bonchev–Trinajstić information content (AvgIpc) is 3.32. The maximum absolute atomic E-state index is 13.0. The Bertz CT molecular complexity index is 1270. The first-order valence-electron chi connectivity index (χ1n) is 12.3. The van der Waals surface area contributed by atoms with Gasteiger partial charge < -0.3 is 14.4 Å². The molecular formula is C29H32N4O3. The minimum absolute atomic E-state index is 0.0797. The van der Waals surface area contributed by atoms with E-state index in [1.54, 1.807) is 15.7 Å². The topological polar surface area (TPSA) is 80.4 Å². The monoisotopic (exact) mass is 484 g/mol. The fraction of sp³-hybridized carbons (Fsp3) is 0.345. The van der Waals surface area contributed by atoms with Crippen LogP contribution in [-0.4, -0.2) is 53.5 Å². The van der Waals surface area contributed by atoms with Gasteiger partial charge in [-0.3, -0.25) is 4.79 Å². The largest absolute Gasteiger partial charge is 0.493 e. The second-order valence-corrected chi connectivity index (χ2v) is 9.30. The summed E-state index contributed by atoms with van der Waals surface area (Å²) in [6.07, 6.45) is 4.49. The van der Waals surface area contributed by atoms with Crippen LogP contribution in [0.2, 0.25) is 0 Å². The molecule has 1 saturated heterocycles. The van der Waals surface area contributed by atoms with Crippen molar-refractivity contribution in [3.63, 3.8) is 0 Å². The van der Waals surface area contributed by atoms with Crippen LogP contribution in [0.4, 0.5) is 0 Å². The zero-order valence-corrected chi connectivity index (χ0v) is 21.1. The second kappa shape index (κ2) is 11.7. The molecule has 0 N–H and O–H groups in total. The number of carbonyl (C=O) groups excluding carboxylic acids is 1. The molecule has 1 aromatic heterocycles. The Kier molecular flexibility index (Phi) is 8.19. The van der Waals surface area contributed by atoms with E-state index in [4.69, 9.17) is 14.6 Å². The van der Waals surface area contributed by atoms with Gasteiger partial charge in [-0.05, 0) is 61.2 Å². The van der Waals surface area contributed by atoms with Gasteiger partial charge in [0.2, 0.25) is 0 Å². The standard InChI is InChI=1S/C29H32N4O3/c1-21(2)11-14-36-27-10-9-23(17-22(27)3)28-25(20-33(31-28)26-7-5-4-6-8-26)18-24(19-30)29(34)32-12-15-35-16-13-32/h4-10,17-18,20-21H,11-16H2,1-3H3/b24-18+. The fourth-order valence-corrected chi connectivity index (χ4v) is 4.03. The van der Waals surface area contributed by atoms with E-state index < -0.39 is 0 Å². The molecule has 1 aliphatic heterocycles. The van der Waals surface area contributed by atoms with E-state index in [-0.39, 0.29) is 11.5 Å². The lowest BCUT2D eigenvalue weighted by Crippen LogP contribution is -2.41. The van der Waals surface area contributed by atoms with Crippen molar-refractivity contribution in [3.8, 4) is 28.8 Å². The number of amides is 1. The van der Waals surface area contributed by atoms with Crippen LogP contribution < -0.4 is 4.74 Å². The highest BCUT2D eigenvalue weighted by atomic mass is 16.5. The third-order valence-corrected chi connectivity index (χ3v) is 6.11. The van der Waals surface area contributed by atoms with Gasteiger partial charge >= 0.3 is 0 Å². The number of morpholine rings is 1. The minimum Gasteiger partial charge on any atom is -0.493 e. The fourth-order valence-electron chi connectivity index (χ4n) is 4.03. The molecule has 2 aromatic carbocycles. The lowest BCUT2D eigenvalue weighted by Gasteiger charge is -2.26. The van der Waals surface area contributed by atoms with Crippen LogP contribution >= 0.6 is 0 Å². The number of hydrogen-bond donors (Lipinski definition) is 0. The van der Waals surface area contributed by atoms with Gasteiger partial charge in [0.1, 0.15) is 23.1 Å². The van der Waals surface area contributed by atoms with Crippen molar-refractivity contribution in [2.75, 3.05) is 32.9 Å². The molecule has 0 atom stereocenters. The summed E-state index contributed by atoms with van der Waals surface area (Å²) in [5.74, 6) is 1.14. The molecule has 3 aromatic rings. The number of nitrogens with zero attached hydrogens (tertiary/aromatic N) is 4. The van der Waals surface area contributed by atoms with Gasteiger partial charge in [0.05, 0.1) is 25.5 Å². The minimum atomic E-state index is -0.288. The zero-order valence-electron chi connectivity index (χ0n) is 21.1. The van der Waals surface area contributed by atoms with Crippen molar-refractivity contribution in [2.24, 2.45) is 5.92 Å². The van der Waals surface area contributed by atoms with E-state index in [0.717, 1.165) is 29.0 Å². The Hall–Kier alpha value is -3.89. The summed E-state index contributed by atoms with van der Waals surface area (Å²) in [4.78, 5) is 14.7. The van der Waals surface area contributed by atoms with Gasteiger partial charge in [0.15, 0.2) is 0 Å². The molecule has 0 spiro atoms. The summed E-state index contributed by atoms with van der Waals surface area (Å²) in [5, 5.41) is 14.7. The normalized spacial score (nSPS) is 14.1. The van der Waals surface area contributed by atoms with Crippen molar-refractivity contribution < 1.29 is 14.3 Å². The molecule has 0 bridgehead atoms. The van der Waals surface area contributed by atoms with Crippen LogP contribution in [0.5, 0.6) is 5.75 Å². The summed E-state index contributed by atoms with van der Waals surface area (Å²) < 4.78 is 13.1. The number of rotatable bonds is 8. The molecule has 0 unspecified atom stereocenters. The number of nitriles is 1. The molecule has 2 heterocycles. The van der Waals surface area contributed by atoms with Crippen molar-refractivity contribution in [3.05, 3.63) is 71.4 Å². The molecule has 1 fully saturated rings. The predicted octanol–water partition coefficient (Wildman–Crippen LogP) is 5.04. The van der Waals surface area contributed by atoms with Crippen molar-refractivity contribution in [1.29, 1.82) is 5.26 Å². The first-order valence-corrected chi connectivity index (χ1v) is 12.3. The van der Waals surface area contributed by atoms with Crippen molar-refractivity contribution in [2.45, 2.75) is 27.2 Å². The highest BCUT2D eigenvalue weighted by Gasteiger charge is 2.22. The Morgan fingerprint density at radius 1 is 1.19 bits per heavy atom. The Morgan fingerprint density at radius 3 is 2.61 bits per heavy atom. The van der Waals surface area contributed by atoms with Crippen LogP contribution in [0, 0.1) is 24.2 Å². The van der Waals surface area contributed by atoms with E-state index >= 15 is 0 Å². The number of para-hydroxylation sites is 1. The van der Waals surface area contributed by atoms with Crippen LogP contribution in [0.25, 0.3) is 23.0 Å². The molecule has 1 aliphatic rings. The van der Waals surface area contributed by atoms with Crippen molar-refractivity contribution >= 4 is 12.0 Å². The highest BCUT2D eigenvalue weighted by Crippen LogP contribution is 2.30. The van der Waals surface area contributed by atoms with Gasteiger partial charge in [-0.2, -0.15) is 10.4 Å². The third-order valence-electron chi connectivity index (χ3n) is 6.11. The summed E-state index contributed by atoms with van der Waals surface area (Å²) in [6.45, 7) is 8.95. The van der Waals surface area contributed by atoms with Gasteiger partial charge in [-0.15, -0.1) is 0 Å². The molecule has 0 saturated carbocycles. The van der Waals surface area contributed by atoms with Crippen LogP contribution in [0.1, 0.15) is 31.4 Å². The molecular weight excluding hydrogens is 452 g/mol. The SMILES string of the molecule is Cc1cc(-c2nn(-c3ccccc3)cc2/C=C(\C#N)C(=O)N2CCOCC2)ccc1OCCC(C)C. The number of carbonyl (C=O) groups is 1. The summed E-state index contributed by atoms with van der Waals surface area (Å²) >= 11 is 0. The van der Waals surface area contributed by atoms with E-state index in [0.29, 0.717) is 50.1 Å². The summed E-state index contributed by atoms with van der Waals surface area (Å²) in [7, 11) is 0. The Labute approximate surface area is 212 Å². The number of ether oxygens (including phenoxy) is 2. The maximum Gasteiger partial charge on any atom is 0.264 e. The third kappa shape index (κ3) is 6.02.